The summed E-state index contributed by atoms with van der Waals surface area (Å²) >= 11 is 0. The quantitative estimate of drug-likeness (QED) is 0.778. The molecule has 20 heavy (non-hydrogen) atoms. The van der Waals surface area contributed by atoms with Gasteiger partial charge in [-0.1, -0.05) is 30.3 Å². The predicted molar refractivity (Wildman–Crippen MR) is 75.8 cm³/mol. The maximum Gasteiger partial charge on any atom is 0.237 e. The maximum atomic E-state index is 11.9. The lowest BCUT2D eigenvalue weighted by Gasteiger charge is -2.12. The van der Waals surface area contributed by atoms with Crippen molar-refractivity contribution in [3.05, 3.63) is 48.0 Å². The van der Waals surface area contributed by atoms with Gasteiger partial charge in [-0.15, -0.1) is 10.2 Å². The Kier molecular flexibility index (Phi) is 4.84. The molecule has 2 aromatic rings. The highest BCUT2D eigenvalue weighted by Crippen LogP contribution is 2.01. The monoisotopic (exact) mass is 273 g/mol. The van der Waals surface area contributed by atoms with Crippen LogP contribution in [0.15, 0.2) is 36.7 Å². The Hall–Kier alpha value is -2.21. The van der Waals surface area contributed by atoms with Crippen LogP contribution in [0.4, 0.5) is 0 Å². The summed E-state index contributed by atoms with van der Waals surface area (Å²) in [6.45, 7) is 0.508. The number of nitrogens with two attached hydrogens (primary N) is 1. The average molecular weight is 273 g/mol. The van der Waals surface area contributed by atoms with Crippen LogP contribution in [-0.4, -0.2) is 33.3 Å². The number of carbonyl (C=O) groups is 1. The topological polar surface area (TPSA) is 85.8 Å². The zero-order valence-electron chi connectivity index (χ0n) is 11.5. The van der Waals surface area contributed by atoms with E-state index < -0.39 is 6.04 Å². The minimum absolute atomic E-state index is 0.143. The van der Waals surface area contributed by atoms with Gasteiger partial charge in [0, 0.05) is 20.0 Å². The standard InChI is InChI=1S/C14H19N5O/c1-19-10-17-18-13(19)7-8-16-14(20)12(15)9-11-5-3-2-4-6-11/h2-6,10,12H,7-9,15H2,1H3,(H,16,20)/t12-/m0/s1. The molecule has 0 saturated carbocycles. The average Bonchev–Trinajstić information content (AvgIpc) is 2.85. The maximum absolute atomic E-state index is 11.9. The second-order valence-electron chi connectivity index (χ2n) is 4.70. The Labute approximate surface area is 118 Å². The first-order chi connectivity index (χ1) is 9.66. The van der Waals surface area contributed by atoms with Gasteiger partial charge in [0.1, 0.15) is 12.2 Å². The van der Waals surface area contributed by atoms with Gasteiger partial charge >= 0.3 is 0 Å². The summed E-state index contributed by atoms with van der Waals surface area (Å²) in [7, 11) is 1.87. The van der Waals surface area contributed by atoms with Crippen molar-refractivity contribution in [3.8, 4) is 0 Å². The number of carbonyl (C=O) groups excluding carboxylic acids is 1. The molecule has 0 unspecified atom stereocenters. The van der Waals surface area contributed by atoms with Gasteiger partial charge in [-0.3, -0.25) is 4.79 Å². The zero-order valence-corrected chi connectivity index (χ0v) is 11.5. The van der Waals surface area contributed by atoms with Gasteiger partial charge in [0.15, 0.2) is 0 Å². The number of hydrogen-bond acceptors (Lipinski definition) is 4. The van der Waals surface area contributed by atoms with Crippen LogP contribution in [0.1, 0.15) is 11.4 Å². The molecule has 0 aliphatic rings. The Morgan fingerprint density at radius 2 is 2.15 bits per heavy atom. The van der Waals surface area contributed by atoms with Crippen molar-refractivity contribution in [2.45, 2.75) is 18.9 Å². The van der Waals surface area contributed by atoms with E-state index >= 15 is 0 Å². The molecule has 1 atom stereocenters. The summed E-state index contributed by atoms with van der Waals surface area (Å²) in [4.78, 5) is 11.9. The second kappa shape index (κ2) is 6.81. The molecule has 6 heteroatoms. The van der Waals surface area contributed by atoms with E-state index in [-0.39, 0.29) is 5.91 Å². The van der Waals surface area contributed by atoms with Crippen LogP contribution in [0.2, 0.25) is 0 Å². The van der Waals surface area contributed by atoms with Gasteiger partial charge in [-0.05, 0) is 12.0 Å². The summed E-state index contributed by atoms with van der Waals surface area (Å²) < 4.78 is 1.83. The van der Waals surface area contributed by atoms with Crippen LogP contribution in [0.25, 0.3) is 0 Å². The molecule has 1 amide bonds. The van der Waals surface area contributed by atoms with Crippen molar-refractivity contribution in [3.63, 3.8) is 0 Å². The molecular weight excluding hydrogens is 254 g/mol. The molecular formula is C14H19N5O. The molecule has 2 rings (SSSR count). The largest absolute Gasteiger partial charge is 0.354 e. The lowest BCUT2D eigenvalue weighted by molar-refractivity contribution is -0.122. The summed E-state index contributed by atoms with van der Waals surface area (Å²) in [5.41, 5.74) is 6.95. The van der Waals surface area contributed by atoms with Gasteiger partial charge in [-0.2, -0.15) is 0 Å². The van der Waals surface area contributed by atoms with Crippen molar-refractivity contribution in [1.29, 1.82) is 0 Å². The minimum Gasteiger partial charge on any atom is -0.354 e. The molecule has 0 aliphatic carbocycles. The van der Waals surface area contributed by atoms with Gasteiger partial charge in [0.05, 0.1) is 6.04 Å². The van der Waals surface area contributed by atoms with Crippen molar-refractivity contribution in [1.82, 2.24) is 20.1 Å². The highest BCUT2D eigenvalue weighted by Gasteiger charge is 2.13. The molecule has 0 radical (unpaired) electrons. The molecule has 0 aliphatic heterocycles. The van der Waals surface area contributed by atoms with E-state index in [0.29, 0.717) is 19.4 Å². The summed E-state index contributed by atoms with van der Waals surface area (Å²) in [5.74, 6) is 0.693. The third-order valence-corrected chi connectivity index (χ3v) is 3.09. The molecule has 3 N–H and O–H groups in total. The Morgan fingerprint density at radius 1 is 1.40 bits per heavy atom. The minimum atomic E-state index is -0.531. The Balaban J connectivity index is 1.76. The van der Waals surface area contributed by atoms with E-state index in [0.717, 1.165) is 11.4 Å². The number of amides is 1. The van der Waals surface area contributed by atoms with Gasteiger partial charge < -0.3 is 15.6 Å². The summed E-state index contributed by atoms with van der Waals surface area (Å²) in [6.07, 6.45) is 2.81. The van der Waals surface area contributed by atoms with E-state index in [4.69, 9.17) is 5.73 Å². The lowest BCUT2D eigenvalue weighted by atomic mass is 10.1. The summed E-state index contributed by atoms with van der Waals surface area (Å²) in [5, 5.41) is 10.6. The molecule has 6 nitrogen and oxygen atoms in total. The van der Waals surface area contributed by atoms with Crippen molar-refractivity contribution >= 4 is 5.91 Å². The molecule has 0 fully saturated rings. The second-order valence-corrected chi connectivity index (χ2v) is 4.70. The van der Waals surface area contributed by atoms with Crippen LogP contribution in [0, 0.1) is 0 Å². The van der Waals surface area contributed by atoms with Gasteiger partial charge in [0.25, 0.3) is 0 Å². The smallest absolute Gasteiger partial charge is 0.237 e. The first kappa shape index (κ1) is 14.2. The molecule has 0 bridgehead atoms. The number of nitrogens with one attached hydrogen (secondary N) is 1. The van der Waals surface area contributed by atoms with Crippen molar-refractivity contribution < 1.29 is 4.79 Å². The number of hydrogen-bond donors (Lipinski definition) is 2. The SMILES string of the molecule is Cn1cnnc1CCNC(=O)[C@@H](N)Cc1ccccc1. The fourth-order valence-corrected chi connectivity index (χ4v) is 1.92. The summed E-state index contributed by atoms with van der Waals surface area (Å²) in [6, 6.07) is 9.22. The highest BCUT2D eigenvalue weighted by atomic mass is 16.2. The van der Waals surface area contributed by atoms with E-state index in [1.54, 1.807) is 6.33 Å². The van der Waals surface area contributed by atoms with Crippen LogP contribution < -0.4 is 11.1 Å². The number of benzene rings is 1. The van der Waals surface area contributed by atoms with E-state index in [2.05, 4.69) is 15.5 Å². The third kappa shape index (κ3) is 3.89. The highest BCUT2D eigenvalue weighted by molar-refractivity contribution is 5.81. The molecule has 0 spiro atoms. The molecule has 0 saturated heterocycles. The Morgan fingerprint density at radius 3 is 2.80 bits per heavy atom. The number of aromatic nitrogens is 3. The normalized spacial score (nSPS) is 12.1. The fraction of sp³-hybridized carbons (Fsp3) is 0.357. The zero-order chi connectivity index (χ0) is 14.4. The van der Waals surface area contributed by atoms with E-state index in [1.807, 2.05) is 41.9 Å². The van der Waals surface area contributed by atoms with Gasteiger partial charge in [0.2, 0.25) is 5.91 Å². The molecule has 1 aromatic carbocycles. The fourth-order valence-electron chi connectivity index (χ4n) is 1.92. The van der Waals surface area contributed by atoms with Crippen LogP contribution in [-0.2, 0) is 24.7 Å². The number of rotatable bonds is 6. The predicted octanol–water partition coefficient (Wildman–Crippen LogP) is 0.0438. The molecule has 106 valence electrons. The number of aryl methyl sites for hydroxylation is 1. The molecule has 1 aromatic heterocycles. The van der Waals surface area contributed by atoms with Gasteiger partial charge in [-0.25, -0.2) is 0 Å². The van der Waals surface area contributed by atoms with Crippen molar-refractivity contribution in [2.75, 3.05) is 6.54 Å². The third-order valence-electron chi connectivity index (χ3n) is 3.09. The first-order valence-electron chi connectivity index (χ1n) is 6.57. The van der Waals surface area contributed by atoms with Crippen LogP contribution in [0.5, 0.6) is 0 Å². The van der Waals surface area contributed by atoms with E-state index in [1.165, 1.54) is 0 Å². The molecule has 1 heterocycles. The van der Waals surface area contributed by atoms with Crippen molar-refractivity contribution in [2.24, 2.45) is 12.8 Å². The van der Waals surface area contributed by atoms with Crippen LogP contribution in [0.3, 0.4) is 0 Å². The number of nitrogens with zero attached hydrogens (tertiary/aromatic N) is 3. The van der Waals surface area contributed by atoms with E-state index in [9.17, 15) is 4.79 Å². The Bertz CT molecular complexity index is 552. The first-order valence-corrected chi connectivity index (χ1v) is 6.57. The van der Waals surface area contributed by atoms with Crippen LogP contribution >= 0.6 is 0 Å². The lowest BCUT2D eigenvalue weighted by Crippen LogP contribution is -2.42.